The number of hydrogen-bond donors (Lipinski definition) is 0. The highest BCUT2D eigenvalue weighted by molar-refractivity contribution is 7.85. The van der Waals surface area contributed by atoms with E-state index in [9.17, 15) is 9.00 Å². The fourth-order valence-corrected chi connectivity index (χ4v) is 2.76. The number of ether oxygens (including phenoxy) is 1. The first kappa shape index (κ1) is 10.5. The molecule has 0 N–H and O–H groups in total. The molecule has 1 heterocycles. The molecule has 2 unspecified atom stereocenters. The Labute approximate surface area is 80.7 Å². The first-order valence-electron chi connectivity index (χ1n) is 4.29. The highest BCUT2D eigenvalue weighted by Crippen LogP contribution is 2.16. The Bertz CT molecular complexity index is 231. The molecule has 0 spiro atoms. The third-order valence-electron chi connectivity index (χ3n) is 2.53. The number of amides is 1. The molecule has 0 bridgehead atoms. The van der Waals surface area contributed by atoms with E-state index in [-0.39, 0.29) is 17.4 Å². The van der Waals surface area contributed by atoms with Gasteiger partial charge in [-0.1, -0.05) is 0 Å². The van der Waals surface area contributed by atoms with Crippen molar-refractivity contribution >= 4 is 16.9 Å². The van der Waals surface area contributed by atoms with E-state index in [4.69, 9.17) is 0 Å². The molecule has 0 saturated carbocycles. The summed E-state index contributed by atoms with van der Waals surface area (Å²) in [5, 5.41) is 0.0350. The second kappa shape index (κ2) is 4.09. The molecule has 1 aliphatic rings. The Balaban J connectivity index is 2.69. The SMILES string of the molecule is COC(=O)N1CCS(=O)C(C)[C@@H]1C. The quantitative estimate of drug-likeness (QED) is 0.581. The van der Waals surface area contributed by atoms with Gasteiger partial charge in [-0.15, -0.1) is 0 Å². The average Bonchev–Trinajstić information content (AvgIpc) is 2.13. The van der Waals surface area contributed by atoms with Crippen molar-refractivity contribution in [2.24, 2.45) is 0 Å². The van der Waals surface area contributed by atoms with Crippen LogP contribution in [-0.4, -0.2) is 45.9 Å². The van der Waals surface area contributed by atoms with E-state index in [1.165, 1.54) is 7.11 Å². The largest absolute Gasteiger partial charge is 0.453 e. The van der Waals surface area contributed by atoms with Gasteiger partial charge in [0.1, 0.15) is 0 Å². The topological polar surface area (TPSA) is 46.6 Å². The van der Waals surface area contributed by atoms with Crippen molar-refractivity contribution in [1.29, 1.82) is 0 Å². The minimum atomic E-state index is -0.804. The van der Waals surface area contributed by atoms with Crippen molar-refractivity contribution in [3.05, 3.63) is 0 Å². The number of nitrogens with zero attached hydrogens (tertiary/aromatic N) is 1. The third kappa shape index (κ3) is 2.02. The van der Waals surface area contributed by atoms with Crippen LogP contribution in [0.1, 0.15) is 13.8 Å². The molecule has 1 rings (SSSR count). The zero-order valence-electron chi connectivity index (χ0n) is 8.15. The second-order valence-corrected chi connectivity index (χ2v) is 5.11. The van der Waals surface area contributed by atoms with Crippen molar-refractivity contribution in [2.75, 3.05) is 19.4 Å². The molecule has 76 valence electrons. The summed E-state index contributed by atoms with van der Waals surface area (Å²) in [6.07, 6.45) is -0.323. The predicted octanol–water partition coefficient (Wildman–Crippen LogP) is 0.594. The van der Waals surface area contributed by atoms with E-state index in [0.29, 0.717) is 12.3 Å². The van der Waals surface area contributed by atoms with Crippen molar-refractivity contribution in [3.8, 4) is 0 Å². The average molecular weight is 205 g/mol. The summed E-state index contributed by atoms with van der Waals surface area (Å²) in [4.78, 5) is 12.9. The molecule has 3 atom stereocenters. The second-order valence-electron chi connectivity index (χ2n) is 3.19. The van der Waals surface area contributed by atoms with Gasteiger partial charge in [0.15, 0.2) is 0 Å². The summed E-state index contributed by atoms with van der Waals surface area (Å²) < 4.78 is 16.0. The van der Waals surface area contributed by atoms with Crippen LogP contribution in [-0.2, 0) is 15.5 Å². The monoisotopic (exact) mass is 205 g/mol. The van der Waals surface area contributed by atoms with Crippen LogP contribution >= 0.6 is 0 Å². The number of carbonyl (C=O) groups is 1. The summed E-state index contributed by atoms with van der Waals surface area (Å²) >= 11 is 0. The Kier molecular flexibility index (Phi) is 3.30. The summed E-state index contributed by atoms with van der Waals surface area (Å²) in [5.74, 6) is 0.556. The Morgan fingerprint density at radius 2 is 2.15 bits per heavy atom. The molecule has 0 aliphatic carbocycles. The first-order valence-corrected chi connectivity index (χ1v) is 5.68. The molecule has 5 heteroatoms. The van der Waals surface area contributed by atoms with E-state index in [1.54, 1.807) is 4.90 Å². The van der Waals surface area contributed by atoms with Crippen LogP contribution in [0.2, 0.25) is 0 Å². The minimum Gasteiger partial charge on any atom is -0.453 e. The minimum absolute atomic E-state index is 0.00188. The molecule has 0 aromatic rings. The van der Waals surface area contributed by atoms with Gasteiger partial charge in [-0.05, 0) is 13.8 Å². The molecule has 0 radical (unpaired) electrons. The van der Waals surface area contributed by atoms with Gasteiger partial charge < -0.3 is 9.64 Å². The number of carbonyl (C=O) groups excluding carboxylic acids is 1. The lowest BCUT2D eigenvalue weighted by Crippen LogP contribution is -2.52. The van der Waals surface area contributed by atoms with Crippen LogP contribution < -0.4 is 0 Å². The lowest BCUT2D eigenvalue weighted by molar-refractivity contribution is 0.109. The van der Waals surface area contributed by atoms with E-state index >= 15 is 0 Å². The molecule has 1 saturated heterocycles. The maximum atomic E-state index is 11.4. The third-order valence-corrected chi connectivity index (χ3v) is 4.34. The van der Waals surface area contributed by atoms with Crippen molar-refractivity contribution in [1.82, 2.24) is 4.90 Å². The molecular formula is C8H15NO3S. The highest BCUT2D eigenvalue weighted by Gasteiger charge is 2.33. The molecule has 13 heavy (non-hydrogen) atoms. The van der Waals surface area contributed by atoms with Gasteiger partial charge >= 0.3 is 6.09 Å². The van der Waals surface area contributed by atoms with E-state index in [2.05, 4.69) is 4.74 Å². The molecular weight excluding hydrogens is 190 g/mol. The Morgan fingerprint density at radius 3 is 2.69 bits per heavy atom. The van der Waals surface area contributed by atoms with Gasteiger partial charge in [0.05, 0.1) is 12.4 Å². The van der Waals surface area contributed by atoms with Crippen molar-refractivity contribution in [2.45, 2.75) is 25.1 Å². The lowest BCUT2D eigenvalue weighted by Gasteiger charge is -2.35. The van der Waals surface area contributed by atoms with E-state index < -0.39 is 10.8 Å². The zero-order valence-corrected chi connectivity index (χ0v) is 8.97. The Morgan fingerprint density at radius 1 is 1.54 bits per heavy atom. The first-order chi connectivity index (χ1) is 6.07. The fraction of sp³-hybridized carbons (Fsp3) is 0.875. The molecule has 0 aromatic heterocycles. The fourth-order valence-electron chi connectivity index (χ4n) is 1.43. The summed E-state index contributed by atoms with van der Waals surface area (Å²) in [6, 6.07) is 0.00188. The standard InChI is InChI=1S/C8H15NO3S/c1-6-7(2)13(11)5-4-9(6)8(10)12-3/h6-7H,4-5H2,1-3H3/t6-,7?,13?/m0/s1. The summed E-state index contributed by atoms with van der Waals surface area (Å²) in [5.41, 5.74) is 0. The smallest absolute Gasteiger partial charge is 0.409 e. The lowest BCUT2D eigenvalue weighted by atomic mass is 10.2. The maximum absolute atomic E-state index is 11.4. The molecule has 1 fully saturated rings. The van der Waals surface area contributed by atoms with Crippen molar-refractivity contribution < 1.29 is 13.7 Å². The predicted molar refractivity (Wildman–Crippen MR) is 51.0 cm³/mol. The molecule has 1 aliphatic heterocycles. The van der Waals surface area contributed by atoms with Crippen LogP contribution in [0.4, 0.5) is 4.79 Å². The van der Waals surface area contributed by atoms with Gasteiger partial charge in [-0.3, -0.25) is 4.21 Å². The Hall–Kier alpha value is -0.580. The van der Waals surface area contributed by atoms with Gasteiger partial charge in [0, 0.05) is 29.1 Å². The van der Waals surface area contributed by atoms with Gasteiger partial charge in [0.2, 0.25) is 0 Å². The van der Waals surface area contributed by atoms with E-state index in [1.807, 2.05) is 13.8 Å². The number of hydrogen-bond acceptors (Lipinski definition) is 3. The van der Waals surface area contributed by atoms with Crippen LogP contribution in [0.5, 0.6) is 0 Å². The van der Waals surface area contributed by atoms with E-state index in [0.717, 1.165) is 0 Å². The van der Waals surface area contributed by atoms with Gasteiger partial charge in [0.25, 0.3) is 0 Å². The summed E-state index contributed by atoms with van der Waals surface area (Å²) in [7, 11) is 0.563. The van der Waals surface area contributed by atoms with Crippen molar-refractivity contribution in [3.63, 3.8) is 0 Å². The summed E-state index contributed by atoms with van der Waals surface area (Å²) in [6.45, 7) is 4.33. The maximum Gasteiger partial charge on any atom is 0.409 e. The normalized spacial score (nSPS) is 34.4. The van der Waals surface area contributed by atoms with Crippen LogP contribution in [0, 0.1) is 0 Å². The van der Waals surface area contributed by atoms with Crippen LogP contribution in [0.3, 0.4) is 0 Å². The van der Waals surface area contributed by atoms with Crippen LogP contribution in [0.15, 0.2) is 0 Å². The molecule has 1 amide bonds. The molecule has 4 nitrogen and oxygen atoms in total. The van der Waals surface area contributed by atoms with Crippen LogP contribution in [0.25, 0.3) is 0 Å². The molecule has 0 aromatic carbocycles. The van der Waals surface area contributed by atoms with Gasteiger partial charge in [-0.25, -0.2) is 4.79 Å². The zero-order chi connectivity index (χ0) is 10.0. The number of methoxy groups -OCH3 is 1. The number of rotatable bonds is 0. The highest BCUT2D eigenvalue weighted by atomic mass is 32.2. The van der Waals surface area contributed by atoms with Gasteiger partial charge in [-0.2, -0.15) is 0 Å².